The van der Waals surface area contributed by atoms with Gasteiger partial charge in [-0.3, -0.25) is 14.5 Å². The van der Waals surface area contributed by atoms with Gasteiger partial charge >= 0.3 is 0 Å². The number of likely N-dealkylation sites (tertiary alicyclic amines) is 1. The zero-order valence-electron chi connectivity index (χ0n) is 17.2. The highest BCUT2D eigenvalue weighted by Crippen LogP contribution is 2.27. The van der Waals surface area contributed by atoms with Crippen LogP contribution in [0.1, 0.15) is 33.6 Å². The quantitative estimate of drug-likeness (QED) is 0.725. The number of anilines is 1. The van der Waals surface area contributed by atoms with E-state index in [9.17, 15) is 18.4 Å². The van der Waals surface area contributed by atoms with Crippen LogP contribution < -0.4 is 10.6 Å². The Labute approximate surface area is 178 Å². The lowest BCUT2D eigenvalue weighted by molar-refractivity contribution is -0.127. The van der Waals surface area contributed by atoms with E-state index in [1.807, 2.05) is 20.8 Å². The smallest absolute Gasteiger partial charge is 0.243 e. The maximum atomic E-state index is 13.4. The second kappa shape index (κ2) is 9.61. The molecule has 3 rings (SSSR count). The van der Waals surface area contributed by atoms with Gasteiger partial charge in [0.05, 0.1) is 11.7 Å². The monoisotopic (exact) mass is 436 g/mol. The number of rotatable bonds is 6. The molecule has 2 amide bonds. The summed E-state index contributed by atoms with van der Waals surface area (Å²) in [4.78, 5) is 31.2. The van der Waals surface area contributed by atoms with E-state index in [4.69, 9.17) is 0 Å². The standard InChI is InChI=1S/C21H26F2N4O2S/c1-12(2)24-20(29)14-6-8-27(9-7-14)13(3)19(28)26-21-25-18(11-30-21)15-4-5-16(22)17(23)10-15/h4-5,10-14H,6-9H2,1-3H3,(H,24,29)(H,25,26,28). The van der Waals surface area contributed by atoms with Crippen molar-refractivity contribution >= 4 is 28.3 Å². The molecule has 2 N–H and O–H groups in total. The number of halogens is 2. The number of nitrogens with one attached hydrogen (secondary N) is 2. The highest BCUT2D eigenvalue weighted by molar-refractivity contribution is 7.14. The third-order valence-corrected chi connectivity index (χ3v) is 5.97. The number of amides is 2. The predicted octanol–water partition coefficient (Wildman–Crippen LogP) is 3.65. The van der Waals surface area contributed by atoms with E-state index in [0.29, 0.717) is 42.3 Å². The first kappa shape index (κ1) is 22.3. The number of carbonyl (C=O) groups is 2. The number of hydrogen-bond donors (Lipinski definition) is 2. The van der Waals surface area contributed by atoms with E-state index in [-0.39, 0.29) is 29.8 Å². The average molecular weight is 437 g/mol. The Hall–Kier alpha value is -2.39. The molecule has 162 valence electrons. The third kappa shape index (κ3) is 5.40. The number of thiazole rings is 1. The molecule has 1 fully saturated rings. The molecule has 2 aromatic rings. The van der Waals surface area contributed by atoms with Crippen molar-refractivity contribution in [2.24, 2.45) is 5.92 Å². The summed E-state index contributed by atoms with van der Waals surface area (Å²) < 4.78 is 26.5. The van der Waals surface area contributed by atoms with Gasteiger partial charge in [0.1, 0.15) is 0 Å². The molecule has 1 atom stereocenters. The summed E-state index contributed by atoms with van der Waals surface area (Å²) in [6.07, 6.45) is 1.43. The van der Waals surface area contributed by atoms with Crippen LogP contribution in [0.2, 0.25) is 0 Å². The second-order valence-electron chi connectivity index (χ2n) is 7.81. The highest BCUT2D eigenvalue weighted by Gasteiger charge is 2.30. The fourth-order valence-electron chi connectivity index (χ4n) is 3.45. The van der Waals surface area contributed by atoms with Gasteiger partial charge in [0, 0.05) is 22.9 Å². The van der Waals surface area contributed by atoms with Crippen LogP contribution in [-0.4, -0.2) is 46.9 Å². The second-order valence-corrected chi connectivity index (χ2v) is 8.66. The van der Waals surface area contributed by atoms with Crippen LogP contribution in [0.25, 0.3) is 11.3 Å². The largest absolute Gasteiger partial charge is 0.354 e. The number of nitrogens with zero attached hydrogens (tertiary/aromatic N) is 2. The molecule has 0 saturated carbocycles. The average Bonchev–Trinajstić information content (AvgIpc) is 3.17. The molecular formula is C21H26F2N4O2S. The Morgan fingerprint density at radius 1 is 1.17 bits per heavy atom. The van der Waals surface area contributed by atoms with Crippen molar-refractivity contribution in [2.75, 3.05) is 18.4 Å². The topological polar surface area (TPSA) is 74.3 Å². The summed E-state index contributed by atoms with van der Waals surface area (Å²) in [5.74, 6) is -1.98. The predicted molar refractivity (Wildman–Crippen MR) is 113 cm³/mol. The Kier molecular flexibility index (Phi) is 7.14. The van der Waals surface area contributed by atoms with E-state index in [0.717, 1.165) is 12.1 Å². The SMILES string of the molecule is CC(C)NC(=O)C1CCN(C(C)C(=O)Nc2nc(-c3ccc(F)c(F)c3)cs2)CC1. The lowest BCUT2D eigenvalue weighted by Crippen LogP contribution is -2.48. The van der Waals surface area contributed by atoms with E-state index in [1.165, 1.54) is 17.4 Å². The van der Waals surface area contributed by atoms with Crippen molar-refractivity contribution in [3.8, 4) is 11.3 Å². The fraction of sp³-hybridized carbons (Fsp3) is 0.476. The zero-order chi connectivity index (χ0) is 21.8. The summed E-state index contributed by atoms with van der Waals surface area (Å²) >= 11 is 1.23. The summed E-state index contributed by atoms with van der Waals surface area (Å²) in [7, 11) is 0. The first-order valence-corrected chi connectivity index (χ1v) is 10.9. The first-order chi connectivity index (χ1) is 14.2. The fourth-order valence-corrected chi connectivity index (χ4v) is 4.17. The molecule has 1 unspecified atom stereocenters. The number of hydrogen-bond acceptors (Lipinski definition) is 5. The van der Waals surface area contributed by atoms with Gasteiger partial charge in [0.25, 0.3) is 0 Å². The van der Waals surface area contributed by atoms with Crippen molar-refractivity contribution in [3.63, 3.8) is 0 Å². The van der Waals surface area contributed by atoms with E-state index < -0.39 is 11.6 Å². The molecule has 1 aliphatic rings. The van der Waals surface area contributed by atoms with Gasteiger partial charge < -0.3 is 10.6 Å². The molecule has 0 bridgehead atoms. The van der Waals surface area contributed by atoms with Gasteiger partial charge in [-0.25, -0.2) is 13.8 Å². The Morgan fingerprint density at radius 2 is 1.87 bits per heavy atom. The number of benzene rings is 1. The number of carbonyl (C=O) groups excluding carboxylic acids is 2. The minimum atomic E-state index is -0.940. The molecule has 0 radical (unpaired) electrons. The molecular weight excluding hydrogens is 410 g/mol. The first-order valence-electron chi connectivity index (χ1n) is 10.0. The summed E-state index contributed by atoms with van der Waals surface area (Å²) in [5, 5.41) is 7.83. The maximum Gasteiger partial charge on any atom is 0.243 e. The van der Waals surface area contributed by atoms with Crippen molar-refractivity contribution < 1.29 is 18.4 Å². The van der Waals surface area contributed by atoms with Crippen LogP contribution in [0.3, 0.4) is 0 Å². The molecule has 0 spiro atoms. The van der Waals surface area contributed by atoms with E-state index in [2.05, 4.69) is 20.5 Å². The van der Waals surface area contributed by atoms with Gasteiger partial charge in [-0.2, -0.15) is 0 Å². The number of piperidine rings is 1. The normalized spacial score (nSPS) is 16.5. The Balaban J connectivity index is 1.54. The van der Waals surface area contributed by atoms with Crippen LogP contribution in [-0.2, 0) is 9.59 Å². The summed E-state index contributed by atoms with van der Waals surface area (Å²) in [6.45, 7) is 7.05. The van der Waals surface area contributed by atoms with Crippen molar-refractivity contribution in [1.82, 2.24) is 15.2 Å². The minimum absolute atomic E-state index is 0.0171. The van der Waals surface area contributed by atoms with Crippen LogP contribution in [0, 0.1) is 17.6 Å². The molecule has 2 heterocycles. The molecule has 1 saturated heterocycles. The lowest BCUT2D eigenvalue weighted by Gasteiger charge is -2.34. The minimum Gasteiger partial charge on any atom is -0.354 e. The van der Waals surface area contributed by atoms with Gasteiger partial charge in [0.2, 0.25) is 11.8 Å². The molecule has 6 nitrogen and oxygen atoms in total. The van der Waals surface area contributed by atoms with Gasteiger partial charge in [-0.05, 0) is 64.9 Å². The van der Waals surface area contributed by atoms with Gasteiger partial charge in [-0.1, -0.05) is 0 Å². The number of aromatic nitrogens is 1. The highest BCUT2D eigenvalue weighted by atomic mass is 32.1. The molecule has 1 aromatic carbocycles. The van der Waals surface area contributed by atoms with E-state index in [1.54, 1.807) is 5.38 Å². The third-order valence-electron chi connectivity index (χ3n) is 5.21. The van der Waals surface area contributed by atoms with Gasteiger partial charge in [0.15, 0.2) is 16.8 Å². The van der Waals surface area contributed by atoms with Crippen LogP contribution in [0.15, 0.2) is 23.6 Å². The Morgan fingerprint density at radius 3 is 2.50 bits per heavy atom. The van der Waals surface area contributed by atoms with Crippen molar-refractivity contribution in [1.29, 1.82) is 0 Å². The van der Waals surface area contributed by atoms with Crippen molar-refractivity contribution in [2.45, 2.75) is 45.7 Å². The molecule has 1 aliphatic heterocycles. The zero-order valence-corrected chi connectivity index (χ0v) is 18.1. The maximum absolute atomic E-state index is 13.4. The van der Waals surface area contributed by atoms with Crippen LogP contribution in [0.5, 0.6) is 0 Å². The van der Waals surface area contributed by atoms with Gasteiger partial charge in [-0.15, -0.1) is 11.3 Å². The summed E-state index contributed by atoms with van der Waals surface area (Å²) in [6, 6.07) is 3.33. The Bertz CT molecular complexity index is 910. The molecule has 1 aromatic heterocycles. The van der Waals surface area contributed by atoms with Crippen molar-refractivity contribution in [3.05, 3.63) is 35.2 Å². The van der Waals surface area contributed by atoms with Crippen LogP contribution >= 0.6 is 11.3 Å². The summed E-state index contributed by atoms with van der Waals surface area (Å²) in [5.41, 5.74) is 0.916. The van der Waals surface area contributed by atoms with Crippen LogP contribution in [0.4, 0.5) is 13.9 Å². The lowest BCUT2D eigenvalue weighted by atomic mass is 9.94. The molecule has 9 heteroatoms. The van der Waals surface area contributed by atoms with E-state index >= 15 is 0 Å². The molecule has 0 aliphatic carbocycles. The molecule has 30 heavy (non-hydrogen) atoms.